The van der Waals surface area contributed by atoms with E-state index in [-0.39, 0.29) is 11.7 Å². The van der Waals surface area contributed by atoms with Crippen LogP contribution < -0.4 is 0 Å². The Morgan fingerprint density at radius 2 is 2.54 bits per heavy atom. The third-order valence-electron chi connectivity index (χ3n) is 2.34. The minimum atomic E-state index is 0.106. The fourth-order valence-electron chi connectivity index (χ4n) is 1.53. The van der Waals surface area contributed by atoms with Crippen LogP contribution >= 0.6 is 0 Å². The van der Waals surface area contributed by atoms with Crippen molar-refractivity contribution in [2.24, 2.45) is 5.92 Å². The second-order valence-electron chi connectivity index (χ2n) is 3.34. The van der Waals surface area contributed by atoms with E-state index in [0.717, 1.165) is 18.6 Å². The predicted molar refractivity (Wildman–Crippen MR) is 46.3 cm³/mol. The Kier molecular flexibility index (Phi) is 2.45. The van der Waals surface area contributed by atoms with Gasteiger partial charge in [-0.2, -0.15) is 0 Å². The SMILES string of the molecule is O=C(Cc1ccoc1)C1CCOC1. The first kappa shape index (κ1) is 8.51. The molecule has 2 rings (SSSR count). The van der Waals surface area contributed by atoms with Crippen molar-refractivity contribution in [2.45, 2.75) is 12.8 Å². The summed E-state index contributed by atoms with van der Waals surface area (Å²) in [6.45, 7) is 1.32. The molecule has 1 fully saturated rings. The van der Waals surface area contributed by atoms with Crippen LogP contribution in [0.3, 0.4) is 0 Å². The summed E-state index contributed by atoms with van der Waals surface area (Å²) in [4.78, 5) is 11.6. The Labute approximate surface area is 76.7 Å². The van der Waals surface area contributed by atoms with Crippen LogP contribution in [0.1, 0.15) is 12.0 Å². The summed E-state index contributed by atoms with van der Waals surface area (Å²) in [5.74, 6) is 0.369. The fraction of sp³-hybridized carbons (Fsp3) is 0.500. The molecule has 1 aliphatic rings. The van der Waals surface area contributed by atoms with Gasteiger partial charge in [0, 0.05) is 18.9 Å². The molecule has 0 saturated carbocycles. The molecule has 70 valence electrons. The molecule has 0 radical (unpaired) electrons. The lowest BCUT2D eigenvalue weighted by atomic mass is 9.99. The zero-order valence-electron chi connectivity index (χ0n) is 7.36. The molecule has 0 bridgehead atoms. The van der Waals surface area contributed by atoms with Crippen molar-refractivity contribution in [1.82, 2.24) is 0 Å². The smallest absolute Gasteiger partial charge is 0.142 e. The standard InChI is InChI=1S/C10H12O3/c11-10(9-2-4-13-7-9)5-8-1-3-12-6-8/h1,3,6,9H,2,4-5,7H2. The predicted octanol–water partition coefficient (Wildman–Crippen LogP) is 1.43. The van der Waals surface area contributed by atoms with E-state index < -0.39 is 0 Å². The number of ketones is 1. The van der Waals surface area contributed by atoms with Gasteiger partial charge in [0.1, 0.15) is 5.78 Å². The van der Waals surface area contributed by atoms with Gasteiger partial charge in [-0.15, -0.1) is 0 Å². The molecule has 1 aromatic rings. The third kappa shape index (κ3) is 1.98. The largest absolute Gasteiger partial charge is 0.472 e. The molecule has 0 N–H and O–H groups in total. The Bertz CT molecular complexity index is 270. The number of hydrogen-bond acceptors (Lipinski definition) is 3. The number of furan rings is 1. The number of hydrogen-bond donors (Lipinski definition) is 0. The Morgan fingerprint density at radius 3 is 3.15 bits per heavy atom. The minimum Gasteiger partial charge on any atom is -0.472 e. The molecule has 0 aliphatic carbocycles. The summed E-state index contributed by atoms with van der Waals surface area (Å²) in [6, 6.07) is 1.83. The van der Waals surface area contributed by atoms with E-state index >= 15 is 0 Å². The number of rotatable bonds is 3. The summed E-state index contributed by atoms with van der Waals surface area (Å²) < 4.78 is 10.0. The van der Waals surface area contributed by atoms with Crippen LogP contribution in [0.15, 0.2) is 23.0 Å². The molecule has 1 unspecified atom stereocenters. The number of ether oxygens (including phenoxy) is 1. The molecule has 1 atom stereocenters. The summed E-state index contributed by atoms with van der Waals surface area (Å²) in [6.07, 6.45) is 4.56. The topological polar surface area (TPSA) is 39.4 Å². The highest BCUT2D eigenvalue weighted by molar-refractivity contribution is 5.83. The summed E-state index contributed by atoms with van der Waals surface area (Å²) >= 11 is 0. The van der Waals surface area contributed by atoms with Gasteiger partial charge in [0.25, 0.3) is 0 Å². The molecule has 1 aromatic heterocycles. The van der Waals surface area contributed by atoms with Crippen LogP contribution in [0, 0.1) is 5.92 Å². The van der Waals surface area contributed by atoms with Crippen LogP contribution in [0.2, 0.25) is 0 Å². The number of carbonyl (C=O) groups is 1. The van der Waals surface area contributed by atoms with Crippen molar-refractivity contribution in [3.05, 3.63) is 24.2 Å². The van der Waals surface area contributed by atoms with Gasteiger partial charge in [-0.3, -0.25) is 4.79 Å². The number of Topliss-reactive ketones (excluding diaryl/α,β-unsaturated/α-hetero) is 1. The van der Waals surface area contributed by atoms with Crippen molar-refractivity contribution in [2.75, 3.05) is 13.2 Å². The molecular weight excluding hydrogens is 168 g/mol. The molecule has 1 saturated heterocycles. The highest BCUT2D eigenvalue weighted by Gasteiger charge is 2.23. The van der Waals surface area contributed by atoms with Crippen LogP contribution in [0.5, 0.6) is 0 Å². The first-order valence-corrected chi connectivity index (χ1v) is 4.48. The summed E-state index contributed by atoms with van der Waals surface area (Å²) in [7, 11) is 0. The van der Waals surface area contributed by atoms with Gasteiger partial charge >= 0.3 is 0 Å². The van der Waals surface area contributed by atoms with E-state index in [2.05, 4.69) is 0 Å². The second kappa shape index (κ2) is 3.75. The fourth-order valence-corrected chi connectivity index (χ4v) is 1.53. The van der Waals surface area contributed by atoms with Crippen molar-refractivity contribution in [3.63, 3.8) is 0 Å². The van der Waals surface area contributed by atoms with Gasteiger partial charge in [0.15, 0.2) is 0 Å². The quantitative estimate of drug-likeness (QED) is 0.706. The van der Waals surface area contributed by atoms with Gasteiger partial charge in [-0.1, -0.05) is 0 Å². The average Bonchev–Trinajstić information content (AvgIpc) is 2.74. The molecule has 2 heterocycles. The van der Waals surface area contributed by atoms with Crippen molar-refractivity contribution in [3.8, 4) is 0 Å². The van der Waals surface area contributed by atoms with Crippen molar-refractivity contribution >= 4 is 5.78 Å². The van der Waals surface area contributed by atoms with E-state index in [0.29, 0.717) is 13.0 Å². The zero-order chi connectivity index (χ0) is 9.10. The maximum atomic E-state index is 11.6. The minimum absolute atomic E-state index is 0.106. The Balaban J connectivity index is 1.91. The normalized spacial score (nSPS) is 22.0. The first-order chi connectivity index (χ1) is 6.36. The van der Waals surface area contributed by atoms with Gasteiger partial charge in [0.05, 0.1) is 19.1 Å². The highest BCUT2D eigenvalue weighted by Crippen LogP contribution is 2.16. The summed E-state index contributed by atoms with van der Waals surface area (Å²) in [5, 5.41) is 0. The van der Waals surface area contributed by atoms with Crippen molar-refractivity contribution < 1.29 is 13.9 Å². The van der Waals surface area contributed by atoms with Gasteiger partial charge in [-0.05, 0) is 18.1 Å². The molecule has 0 aromatic carbocycles. The van der Waals surface area contributed by atoms with Gasteiger partial charge in [-0.25, -0.2) is 0 Å². The third-order valence-corrected chi connectivity index (χ3v) is 2.34. The molecule has 1 aliphatic heterocycles. The lowest BCUT2D eigenvalue weighted by Crippen LogP contribution is -2.16. The van der Waals surface area contributed by atoms with Crippen LogP contribution in [-0.2, 0) is 16.0 Å². The van der Waals surface area contributed by atoms with Gasteiger partial charge in [0.2, 0.25) is 0 Å². The monoisotopic (exact) mass is 180 g/mol. The zero-order valence-corrected chi connectivity index (χ0v) is 7.36. The number of carbonyl (C=O) groups excluding carboxylic acids is 1. The second-order valence-corrected chi connectivity index (χ2v) is 3.34. The molecule has 0 spiro atoms. The average molecular weight is 180 g/mol. The highest BCUT2D eigenvalue weighted by atomic mass is 16.5. The molecule has 3 nitrogen and oxygen atoms in total. The van der Waals surface area contributed by atoms with Gasteiger partial charge < -0.3 is 9.15 Å². The Morgan fingerprint density at radius 1 is 1.62 bits per heavy atom. The molecule has 13 heavy (non-hydrogen) atoms. The lowest BCUT2D eigenvalue weighted by Gasteiger charge is -2.03. The lowest BCUT2D eigenvalue weighted by molar-refractivity contribution is -0.122. The maximum absolute atomic E-state index is 11.6. The van der Waals surface area contributed by atoms with Crippen molar-refractivity contribution in [1.29, 1.82) is 0 Å². The molecule has 0 amide bonds. The van der Waals surface area contributed by atoms with E-state index in [9.17, 15) is 4.79 Å². The molecular formula is C10H12O3. The van der Waals surface area contributed by atoms with E-state index in [1.165, 1.54) is 0 Å². The Hall–Kier alpha value is -1.09. The van der Waals surface area contributed by atoms with E-state index in [1.807, 2.05) is 6.07 Å². The maximum Gasteiger partial charge on any atom is 0.142 e. The van der Waals surface area contributed by atoms with Crippen LogP contribution in [0.4, 0.5) is 0 Å². The van der Waals surface area contributed by atoms with Crippen LogP contribution in [0.25, 0.3) is 0 Å². The van der Waals surface area contributed by atoms with E-state index in [1.54, 1.807) is 12.5 Å². The molecule has 3 heteroatoms. The van der Waals surface area contributed by atoms with Crippen LogP contribution in [-0.4, -0.2) is 19.0 Å². The van der Waals surface area contributed by atoms with E-state index in [4.69, 9.17) is 9.15 Å². The summed E-state index contributed by atoms with van der Waals surface area (Å²) in [5.41, 5.74) is 0.955. The first-order valence-electron chi connectivity index (χ1n) is 4.48.